The van der Waals surface area contributed by atoms with Crippen molar-refractivity contribution in [3.8, 4) is 0 Å². The molecule has 0 saturated heterocycles. The predicted molar refractivity (Wildman–Crippen MR) is 122 cm³/mol. The highest BCUT2D eigenvalue weighted by Crippen LogP contribution is 2.17. The summed E-state index contributed by atoms with van der Waals surface area (Å²) in [7, 11) is 0. The Kier molecular flexibility index (Phi) is 8.45. The summed E-state index contributed by atoms with van der Waals surface area (Å²) < 4.78 is 0.952. The van der Waals surface area contributed by atoms with Gasteiger partial charge in [-0.15, -0.1) is 0 Å². The second-order valence-electron chi connectivity index (χ2n) is 8.14. The average molecular weight is 459 g/mol. The standard InChI is InChI=1S/C24H31BrN2O2/c1-16(2)14-26-24(29)19(5)27(15-20-7-6-8-22(25)12-20)23(28)13-21-10-17(3)9-18(4)11-21/h6-12,16,19H,13-15H2,1-5H3,(H,26,29). The lowest BCUT2D eigenvalue weighted by atomic mass is 10.0. The van der Waals surface area contributed by atoms with Crippen LogP contribution in [0, 0.1) is 19.8 Å². The van der Waals surface area contributed by atoms with Crippen LogP contribution in [0.25, 0.3) is 0 Å². The molecular formula is C24H31BrN2O2. The molecule has 0 fully saturated rings. The highest BCUT2D eigenvalue weighted by atomic mass is 79.9. The van der Waals surface area contributed by atoms with Gasteiger partial charge in [-0.2, -0.15) is 0 Å². The maximum atomic E-state index is 13.2. The molecule has 0 aliphatic rings. The quantitative estimate of drug-likeness (QED) is 0.617. The van der Waals surface area contributed by atoms with E-state index in [9.17, 15) is 9.59 Å². The highest BCUT2D eigenvalue weighted by Gasteiger charge is 2.26. The molecule has 2 aromatic rings. The largest absolute Gasteiger partial charge is 0.354 e. The Morgan fingerprint density at radius 2 is 1.66 bits per heavy atom. The summed E-state index contributed by atoms with van der Waals surface area (Å²) in [4.78, 5) is 27.6. The number of halogens is 1. The van der Waals surface area contributed by atoms with Crippen molar-refractivity contribution < 1.29 is 9.59 Å². The normalized spacial score (nSPS) is 12.0. The van der Waals surface area contributed by atoms with Crippen molar-refractivity contribution in [2.45, 2.75) is 53.6 Å². The number of rotatable bonds is 8. The van der Waals surface area contributed by atoms with Crippen LogP contribution in [0.3, 0.4) is 0 Å². The molecule has 0 aliphatic carbocycles. The van der Waals surface area contributed by atoms with Gasteiger partial charge in [-0.05, 0) is 49.9 Å². The van der Waals surface area contributed by atoms with E-state index in [-0.39, 0.29) is 18.2 Å². The molecule has 1 unspecified atom stereocenters. The summed E-state index contributed by atoms with van der Waals surface area (Å²) in [5.41, 5.74) is 4.22. The fraction of sp³-hybridized carbons (Fsp3) is 0.417. The Labute approximate surface area is 182 Å². The fourth-order valence-electron chi connectivity index (χ4n) is 3.31. The van der Waals surface area contributed by atoms with Crippen molar-refractivity contribution in [2.24, 2.45) is 5.92 Å². The van der Waals surface area contributed by atoms with E-state index in [0.717, 1.165) is 26.7 Å². The number of nitrogens with one attached hydrogen (secondary N) is 1. The van der Waals surface area contributed by atoms with Gasteiger partial charge in [-0.3, -0.25) is 9.59 Å². The van der Waals surface area contributed by atoms with Crippen LogP contribution >= 0.6 is 15.9 Å². The van der Waals surface area contributed by atoms with Crippen LogP contribution in [0.4, 0.5) is 0 Å². The third-order valence-corrected chi connectivity index (χ3v) is 5.22. The first-order chi connectivity index (χ1) is 13.7. The Morgan fingerprint density at radius 3 is 2.24 bits per heavy atom. The molecule has 0 radical (unpaired) electrons. The van der Waals surface area contributed by atoms with E-state index >= 15 is 0 Å². The van der Waals surface area contributed by atoms with Crippen LogP contribution < -0.4 is 5.32 Å². The van der Waals surface area contributed by atoms with Crippen molar-refractivity contribution in [1.82, 2.24) is 10.2 Å². The molecule has 0 spiro atoms. The molecule has 4 nitrogen and oxygen atoms in total. The third kappa shape index (κ3) is 7.32. The lowest BCUT2D eigenvalue weighted by Crippen LogP contribution is -2.48. The number of aryl methyl sites for hydroxylation is 2. The van der Waals surface area contributed by atoms with Gasteiger partial charge in [0.2, 0.25) is 11.8 Å². The number of hydrogen-bond acceptors (Lipinski definition) is 2. The molecule has 0 saturated carbocycles. The summed E-state index contributed by atoms with van der Waals surface area (Å²) in [5.74, 6) is 0.181. The van der Waals surface area contributed by atoms with E-state index in [0.29, 0.717) is 19.0 Å². The Balaban J connectivity index is 2.24. The van der Waals surface area contributed by atoms with Crippen LogP contribution in [0.5, 0.6) is 0 Å². The minimum atomic E-state index is -0.550. The molecular weight excluding hydrogens is 428 g/mol. The maximum absolute atomic E-state index is 13.2. The molecule has 0 heterocycles. The summed E-state index contributed by atoms with van der Waals surface area (Å²) in [6, 6.07) is 13.5. The zero-order chi connectivity index (χ0) is 21.6. The minimum Gasteiger partial charge on any atom is -0.354 e. The number of carbonyl (C=O) groups is 2. The van der Waals surface area contributed by atoms with Crippen molar-refractivity contribution in [3.05, 3.63) is 69.2 Å². The zero-order valence-electron chi connectivity index (χ0n) is 18.0. The Hall–Kier alpha value is -2.14. The topological polar surface area (TPSA) is 49.4 Å². The van der Waals surface area contributed by atoms with E-state index in [2.05, 4.69) is 41.2 Å². The van der Waals surface area contributed by atoms with Gasteiger partial charge in [-0.25, -0.2) is 0 Å². The van der Waals surface area contributed by atoms with Crippen LogP contribution in [0.1, 0.15) is 43.0 Å². The molecule has 0 aliphatic heterocycles. The third-order valence-electron chi connectivity index (χ3n) is 4.73. The summed E-state index contributed by atoms with van der Waals surface area (Å²) >= 11 is 3.48. The number of carbonyl (C=O) groups excluding carboxylic acids is 2. The lowest BCUT2D eigenvalue weighted by molar-refractivity contribution is -0.140. The maximum Gasteiger partial charge on any atom is 0.242 e. The van der Waals surface area contributed by atoms with Crippen molar-refractivity contribution in [3.63, 3.8) is 0 Å². The van der Waals surface area contributed by atoms with Gasteiger partial charge in [0.1, 0.15) is 6.04 Å². The second kappa shape index (κ2) is 10.6. The summed E-state index contributed by atoms with van der Waals surface area (Å²) in [6.07, 6.45) is 0.276. The van der Waals surface area contributed by atoms with Crippen LogP contribution in [0.15, 0.2) is 46.9 Å². The molecule has 2 amide bonds. The minimum absolute atomic E-state index is 0.0535. The Bertz CT molecular complexity index is 843. The molecule has 156 valence electrons. The van der Waals surface area contributed by atoms with E-state index < -0.39 is 6.04 Å². The van der Waals surface area contributed by atoms with E-state index in [1.54, 1.807) is 11.8 Å². The molecule has 29 heavy (non-hydrogen) atoms. The van der Waals surface area contributed by atoms with Gasteiger partial charge in [0.15, 0.2) is 0 Å². The molecule has 2 rings (SSSR count). The van der Waals surface area contributed by atoms with Gasteiger partial charge < -0.3 is 10.2 Å². The molecule has 1 N–H and O–H groups in total. The lowest BCUT2D eigenvalue weighted by Gasteiger charge is -2.29. The predicted octanol–water partition coefficient (Wildman–Crippen LogP) is 4.80. The molecule has 1 atom stereocenters. The van der Waals surface area contributed by atoms with Crippen molar-refractivity contribution >= 4 is 27.7 Å². The molecule has 2 aromatic carbocycles. The number of hydrogen-bond donors (Lipinski definition) is 1. The van der Waals surface area contributed by atoms with Crippen molar-refractivity contribution in [2.75, 3.05) is 6.54 Å². The first-order valence-electron chi connectivity index (χ1n) is 10.0. The van der Waals surface area contributed by atoms with Gasteiger partial charge in [0.05, 0.1) is 6.42 Å². The van der Waals surface area contributed by atoms with E-state index in [1.807, 2.05) is 50.2 Å². The van der Waals surface area contributed by atoms with Crippen LogP contribution in [0.2, 0.25) is 0 Å². The fourth-order valence-corrected chi connectivity index (χ4v) is 3.76. The first kappa shape index (κ1) is 23.1. The summed E-state index contributed by atoms with van der Waals surface area (Å²) in [6.45, 7) is 10.9. The van der Waals surface area contributed by atoms with Gasteiger partial charge in [0.25, 0.3) is 0 Å². The van der Waals surface area contributed by atoms with E-state index in [4.69, 9.17) is 0 Å². The second-order valence-corrected chi connectivity index (χ2v) is 9.05. The molecule has 0 bridgehead atoms. The average Bonchev–Trinajstić information content (AvgIpc) is 2.62. The number of benzene rings is 2. The SMILES string of the molecule is Cc1cc(C)cc(CC(=O)N(Cc2cccc(Br)c2)C(C)C(=O)NCC(C)C)c1. The number of amides is 2. The summed E-state index contributed by atoms with van der Waals surface area (Å²) in [5, 5.41) is 2.95. The van der Waals surface area contributed by atoms with Crippen LogP contribution in [-0.2, 0) is 22.6 Å². The zero-order valence-corrected chi connectivity index (χ0v) is 19.5. The smallest absolute Gasteiger partial charge is 0.242 e. The Morgan fingerprint density at radius 1 is 1.00 bits per heavy atom. The van der Waals surface area contributed by atoms with Crippen LogP contribution in [-0.4, -0.2) is 29.3 Å². The van der Waals surface area contributed by atoms with Gasteiger partial charge >= 0.3 is 0 Å². The molecule has 5 heteroatoms. The van der Waals surface area contributed by atoms with Gasteiger partial charge in [0, 0.05) is 17.6 Å². The number of nitrogens with zero attached hydrogens (tertiary/aromatic N) is 1. The first-order valence-corrected chi connectivity index (χ1v) is 10.8. The van der Waals surface area contributed by atoms with E-state index in [1.165, 1.54) is 0 Å². The molecule has 0 aromatic heterocycles. The highest BCUT2D eigenvalue weighted by molar-refractivity contribution is 9.10. The monoisotopic (exact) mass is 458 g/mol. The van der Waals surface area contributed by atoms with Crippen molar-refractivity contribution in [1.29, 1.82) is 0 Å². The van der Waals surface area contributed by atoms with Gasteiger partial charge in [-0.1, -0.05) is 71.2 Å².